The Morgan fingerprint density at radius 3 is 2.65 bits per heavy atom. The summed E-state index contributed by atoms with van der Waals surface area (Å²) in [6.07, 6.45) is 0. The zero-order valence-corrected chi connectivity index (χ0v) is 11.7. The zero-order valence-electron chi connectivity index (χ0n) is 11.0. The number of para-hydroxylation sites is 1. The molecule has 0 atom stereocenters. The van der Waals surface area contributed by atoms with E-state index >= 15 is 0 Å². The number of halogens is 1. The Hall–Kier alpha value is -2.15. The molecule has 8 heteroatoms. The minimum atomic E-state index is -0.728. The molecule has 0 unspecified atom stereocenters. The topological polar surface area (TPSA) is 89.8 Å². The number of nitro groups is 1. The van der Waals surface area contributed by atoms with Crippen molar-refractivity contribution in [1.29, 1.82) is 0 Å². The van der Waals surface area contributed by atoms with Crippen LogP contribution in [0.15, 0.2) is 18.2 Å². The molecule has 0 aliphatic carbocycles. The van der Waals surface area contributed by atoms with Crippen molar-refractivity contribution >= 4 is 29.2 Å². The van der Waals surface area contributed by atoms with Gasteiger partial charge in [-0.1, -0.05) is 17.7 Å². The Kier molecular flexibility index (Phi) is 5.45. The molecule has 0 saturated carbocycles. The molecule has 1 rings (SSSR count). The van der Waals surface area contributed by atoms with Crippen LogP contribution in [0, 0.1) is 10.1 Å². The molecule has 1 amide bonds. The molecular formula is C12H13ClN2O5. The highest BCUT2D eigenvalue weighted by atomic mass is 35.5. The fourth-order valence-corrected chi connectivity index (χ4v) is 1.79. The van der Waals surface area contributed by atoms with E-state index in [0.29, 0.717) is 0 Å². The first-order valence-corrected chi connectivity index (χ1v) is 6.10. The van der Waals surface area contributed by atoms with E-state index in [-0.39, 0.29) is 23.7 Å². The standard InChI is InChI=1S/C12H13ClN2O5/c1-3-20-10(16)7-14(2)12(17)8-5-4-6-9(13)11(8)15(18)19/h4-6H,3,7H2,1-2H3. The van der Waals surface area contributed by atoms with Gasteiger partial charge < -0.3 is 9.64 Å². The molecule has 0 fully saturated rings. The molecule has 20 heavy (non-hydrogen) atoms. The van der Waals surface area contributed by atoms with Gasteiger partial charge >= 0.3 is 11.7 Å². The number of carbonyl (C=O) groups is 2. The van der Waals surface area contributed by atoms with E-state index in [2.05, 4.69) is 0 Å². The van der Waals surface area contributed by atoms with Gasteiger partial charge in [-0.3, -0.25) is 19.7 Å². The third-order valence-electron chi connectivity index (χ3n) is 2.42. The summed E-state index contributed by atoms with van der Waals surface area (Å²) < 4.78 is 4.71. The van der Waals surface area contributed by atoms with Gasteiger partial charge in [0.2, 0.25) is 0 Å². The van der Waals surface area contributed by atoms with E-state index in [4.69, 9.17) is 16.3 Å². The van der Waals surface area contributed by atoms with Crippen LogP contribution in [0.4, 0.5) is 5.69 Å². The van der Waals surface area contributed by atoms with E-state index in [1.807, 2.05) is 0 Å². The van der Waals surface area contributed by atoms with Crippen molar-refractivity contribution in [3.63, 3.8) is 0 Å². The minimum absolute atomic E-state index is 0.134. The van der Waals surface area contributed by atoms with Crippen LogP contribution in [0.3, 0.4) is 0 Å². The van der Waals surface area contributed by atoms with Crippen molar-refractivity contribution in [2.45, 2.75) is 6.92 Å². The summed E-state index contributed by atoms with van der Waals surface area (Å²) in [4.78, 5) is 34.7. The summed E-state index contributed by atoms with van der Waals surface area (Å²) in [6.45, 7) is 1.54. The van der Waals surface area contributed by atoms with Gasteiger partial charge in [-0.05, 0) is 19.1 Å². The molecule has 0 N–H and O–H groups in total. The van der Waals surface area contributed by atoms with Crippen LogP contribution in [0.2, 0.25) is 5.02 Å². The normalized spacial score (nSPS) is 9.95. The third-order valence-corrected chi connectivity index (χ3v) is 2.72. The number of carbonyl (C=O) groups excluding carboxylic acids is 2. The quantitative estimate of drug-likeness (QED) is 0.470. The largest absolute Gasteiger partial charge is 0.465 e. The molecule has 0 saturated heterocycles. The lowest BCUT2D eigenvalue weighted by Crippen LogP contribution is -2.33. The fourth-order valence-electron chi connectivity index (χ4n) is 1.55. The Bertz CT molecular complexity index is 547. The maximum Gasteiger partial charge on any atom is 0.325 e. The van der Waals surface area contributed by atoms with E-state index in [0.717, 1.165) is 4.90 Å². The van der Waals surface area contributed by atoms with Crippen molar-refractivity contribution in [2.75, 3.05) is 20.2 Å². The van der Waals surface area contributed by atoms with Gasteiger partial charge in [0, 0.05) is 7.05 Å². The van der Waals surface area contributed by atoms with Crippen LogP contribution in [-0.4, -0.2) is 41.9 Å². The molecular weight excluding hydrogens is 288 g/mol. The molecule has 0 aliphatic heterocycles. The second-order valence-electron chi connectivity index (χ2n) is 3.86. The second-order valence-corrected chi connectivity index (χ2v) is 4.27. The highest BCUT2D eigenvalue weighted by Crippen LogP contribution is 2.28. The fraction of sp³-hybridized carbons (Fsp3) is 0.333. The van der Waals surface area contributed by atoms with Gasteiger partial charge in [-0.25, -0.2) is 0 Å². The van der Waals surface area contributed by atoms with Crippen molar-refractivity contribution in [3.8, 4) is 0 Å². The maximum absolute atomic E-state index is 12.1. The summed E-state index contributed by atoms with van der Waals surface area (Å²) in [7, 11) is 1.35. The molecule has 0 bridgehead atoms. The number of hydrogen-bond donors (Lipinski definition) is 0. The SMILES string of the molecule is CCOC(=O)CN(C)C(=O)c1cccc(Cl)c1[N+](=O)[O-]. The summed E-state index contributed by atoms with van der Waals surface area (Å²) in [5, 5.41) is 10.8. The monoisotopic (exact) mass is 300 g/mol. The first-order valence-electron chi connectivity index (χ1n) is 5.72. The van der Waals surface area contributed by atoms with Gasteiger partial charge in [0.05, 0.1) is 11.5 Å². The number of amides is 1. The highest BCUT2D eigenvalue weighted by Gasteiger charge is 2.26. The molecule has 0 heterocycles. The van der Waals surface area contributed by atoms with Crippen LogP contribution in [-0.2, 0) is 9.53 Å². The summed E-state index contributed by atoms with van der Waals surface area (Å²) >= 11 is 5.72. The Balaban J connectivity index is 3.00. The van der Waals surface area contributed by atoms with Crippen molar-refractivity contribution in [3.05, 3.63) is 38.9 Å². The van der Waals surface area contributed by atoms with Crippen molar-refractivity contribution < 1.29 is 19.2 Å². The average molecular weight is 301 g/mol. The lowest BCUT2D eigenvalue weighted by molar-refractivity contribution is -0.385. The molecule has 7 nitrogen and oxygen atoms in total. The Morgan fingerprint density at radius 1 is 1.45 bits per heavy atom. The smallest absolute Gasteiger partial charge is 0.325 e. The van der Waals surface area contributed by atoms with E-state index in [1.165, 1.54) is 25.2 Å². The summed E-state index contributed by atoms with van der Waals surface area (Å²) in [6, 6.07) is 4.04. The lowest BCUT2D eigenvalue weighted by Gasteiger charge is -2.16. The highest BCUT2D eigenvalue weighted by molar-refractivity contribution is 6.33. The van der Waals surface area contributed by atoms with E-state index in [9.17, 15) is 19.7 Å². The number of likely N-dealkylation sites (N-methyl/N-ethyl adjacent to an activating group) is 1. The van der Waals surface area contributed by atoms with Gasteiger partial charge in [-0.15, -0.1) is 0 Å². The Labute approximate surface area is 120 Å². The van der Waals surface area contributed by atoms with Crippen LogP contribution in [0.5, 0.6) is 0 Å². The predicted octanol–water partition coefficient (Wildman–Crippen LogP) is 1.88. The number of esters is 1. The molecule has 1 aromatic rings. The number of nitro benzene ring substituents is 1. The summed E-state index contributed by atoms with van der Waals surface area (Å²) in [5.74, 6) is -1.26. The predicted molar refractivity (Wildman–Crippen MR) is 71.7 cm³/mol. The Morgan fingerprint density at radius 2 is 2.10 bits per heavy atom. The number of hydrogen-bond acceptors (Lipinski definition) is 5. The van der Waals surface area contributed by atoms with Gasteiger partial charge in [0.15, 0.2) is 0 Å². The maximum atomic E-state index is 12.1. The first-order chi connectivity index (χ1) is 9.38. The zero-order chi connectivity index (χ0) is 15.3. The van der Waals surface area contributed by atoms with Crippen molar-refractivity contribution in [2.24, 2.45) is 0 Å². The van der Waals surface area contributed by atoms with Crippen molar-refractivity contribution in [1.82, 2.24) is 4.90 Å². The minimum Gasteiger partial charge on any atom is -0.465 e. The van der Waals surface area contributed by atoms with Crippen LogP contribution in [0.1, 0.15) is 17.3 Å². The van der Waals surface area contributed by atoms with Crippen LogP contribution < -0.4 is 0 Å². The van der Waals surface area contributed by atoms with Gasteiger partial charge in [0.1, 0.15) is 17.1 Å². The first kappa shape index (κ1) is 15.9. The summed E-state index contributed by atoms with van der Waals surface area (Å²) in [5.41, 5.74) is -0.649. The number of rotatable bonds is 5. The molecule has 0 aromatic heterocycles. The van der Waals surface area contributed by atoms with Crippen LogP contribution in [0.25, 0.3) is 0 Å². The number of ether oxygens (including phenoxy) is 1. The number of nitrogens with zero attached hydrogens (tertiary/aromatic N) is 2. The molecule has 1 aromatic carbocycles. The number of benzene rings is 1. The van der Waals surface area contributed by atoms with Gasteiger partial charge in [0.25, 0.3) is 5.91 Å². The second kappa shape index (κ2) is 6.85. The molecule has 0 spiro atoms. The van der Waals surface area contributed by atoms with E-state index < -0.39 is 22.5 Å². The van der Waals surface area contributed by atoms with Gasteiger partial charge in [-0.2, -0.15) is 0 Å². The molecule has 0 aliphatic rings. The third kappa shape index (κ3) is 3.67. The lowest BCUT2D eigenvalue weighted by atomic mass is 10.1. The molecule has 0 radical (unpaired) electrons. The average Bonchev–Trinajstić information content (AvgIpc) is 2.37. The molecule has 108 valence electrons. The van der Waals surface area contributed by atoms with E-state index in [1.54, 1.807) is 6.92 Å². The van der Waals surface area contributed by atoms with Crippen LogP contribution >= 0.6 is 11.6 Å².